The molecule has 1 saturated heterocycles. The maximum atomic E-state index is 12.3. The zero-order chi connectivity index (χ0) is 14.3. The summed E-state index contributed by atoms with van der Waals surface area (Å²) < 4.78 is 21.6. The van der Waals surface area contributed by atoms with E-state index in [-0.39, 0.29) is 28.5 Å². The highest BCUT2D eigenvalue weighted by Gasteiger charge is 2.47. The maximum absolute atomic E-state index is 12.3. The van der Waals surface area contributed by atoms with Gasteiger partial charge < -0.3 is 4.55 Å². The summed E-state index contributed by atoms with van der Waals surface area (Å²) in [6, 6.07) is 5.76. The lowest BCUT2D eigenvalue weighted by Crippen LogP contribution is -2.30. The topological polar surface area (TPSA) is 77.5 Å². The Morgan fingerprint density at radius 3 is 1.95 bits per heavy atom. The highest BCUT2D eigenvalue weighted by molar-refractivity contribution is 7.79. The molecule has 2 amide bonds. The first-order valence-electron chi connectivity index (χ1n) is 6.31. The van der Waals surface area contributed by atoms with Gasteiger partial charge in [-0.1, -0.05) is 12.2 Å². The second-order valence-corrected chi connectivity index (χ2v) is 5.84. The molecule has 20 heavy (non-hydrogen) atoms. The second-order valence-electron chi connectivity index (χ2n) is 4.90. The van der Waals surface area contributed by atoms with Crippen molar-refractivity contribution in [3.63, 3.8) is 0 Å². The third-order valence-electron chi connectivity index (χ3n) is 3.79. The van der Waals surface area contributed by atoms with Crippen molar-refractivity contribution in [3.05, 3.63) is 36.4 Å². The number of hydrogen-bond donors (Lipinski definition) is 0. The molecular weight excluding hydrogens is 278 g/mol. The largest absolute Gasteiger partial charge is 0.768 e. The number of amides is 2. The third-order valence-corrected chi connectivity index (χ3v) is 4.45. The van der Waals surface area contributed by atoms with Gasteiger partial charge in [-0.05, 0) is 48.2 Å². The van der Waals surface area contributed by atoms with Gasteiger partial charge in [0.05, 0.1) is 17.5 Å². The van der Waals surface area contributed by atoms with Crippen molar-refractivity contribution >= 4 is 28.6 Å². The predicted octanol–water partition coefficient (Wildman–Crippen LogP) is 1.38. The monoisotopic (exact) mass is 290 g/mol. The van der Waals surface area contributed by atoms with Crippen LogP contribution in [0.3, 0.4) is 0 Å². The first-order valence-corrected chi connectivity index (χ1v) is 7.39. The number of fused-ring (bicyclic) bond motifs is 1. The van der Waals surface area contributed by atoms with E-state index in [2.05, 4.69) is 0 Å². The number of allylic oxidation sites excluding steroid dienone is 2. The summed E-state index contributed by atoms with van der Waals surface area (Å²) in [5.41, 5.74) is 0.434. The number of benzene rings is 1. The average Bonchev–Trinajstić information content (AvgIpc) is 2.72. The average molecular weight is 290 g/mol. The van der Waals surface area contributed by atoms with Crippen molar-refractivity contribution in [1.82, 2.24) is 0 Å². The molecule has 0 aromatic heterocycles. The van der Waals surface area contributed by atoms with Gasteiger partial charge in [-0.2, -0.15) is 0 Å². The Morgan fingerprint density at radius 1 is 1.00 bits per heavy atom. The Morgan fingerprint density at radius 2 is 1.50 bits per heavy atom. The normalized spacial score (nSPS) is 26.8. The van der Waals surface area contributed by atoms with Crippen molar-refractivity contribution in [2.75, 3.05) is 4.90 Å². The number of nitrogens with zero attached hydrogens (tertiary/aromatic N) is 1. The molecule has 2 aliphatic rings. The predicted molar refractivity (Wildman–Crippen MR) is 71.5 cm³/mol. The van der Waals surface area contributed by atoms with Crippen molar-refractivity contribution in [2.24, 2.45) is 11.8 Å². The minimum absolute atomic E-state index is 0.131. The van der Waals surface area contributed by atoms with Gasteiger partial charge in [0.1, 0.15) is 0 Å². The van der Waals surface area contributed by atoms with E-state index in [0.29, 0.717) is 18.5 Å². The Balaban J connectivity index is 1.92. The van der Waals surface area contributed by atoms with E-state index >= 15 is 0 Å². The van der Waals surface area contributed by atoms with Gasteiger partial charge in [0, 0.05) is 4.90 Å². The molecule has 1 heterocycles. The third kappa shape index (κ3) is 2.01. The van der Waals surface area contributed by atoms with E-state index in [9.17, 15) is 18.4 Å². The maximum Gasteiger partial charge on any atom is 0.238 e. The standard InChI is InChI=1S/C14H13NO4S/c16-13-11-3-1-2-4-12(11)14(17)15(13)9-5-7-10(8-6-9)20(18)19/h1-2,5-8,11-12H,3-4H2,(H,18,19)/p-1. The summed E-state index contributed by atoms with van der Waals surface area (Å²) >= 11 is -2.31. The molecule has 0 bridgehead atoms. The summed E-state index contributed by atoms with van der Waals surface area (Å²) in [6.07, 6.45) is 5.04. The molecule has 0 saturated carbocycles. The molecule has 5 nitrogen and oxygen atoms in total. The quantitative estimate of drug-likeness (QED) is 0.468. The summed E-state index contributed by atoms with van der Waals surface area (Å²) in [6.45, 7) is 0. The van der Waals surface area contributed by atoms with E-state index in [0.717, 1.165) is 0 Å². The molecule has 0 spiro atoms. The summed E-state index contributed by atoms with van der Waals surface area (Å²) in [7, 11) is 0. The zero-order valence-electron chi connectivity index (χ0n) is 10.5. The van der Waals surface area contributed by atoms with Crippen LogP contribution in [0.4, 0.5) is 5.69 Å². The first-order chi connectivity index (χ1) is 9.59. The Hall–Kier alpha value is -1.79. The molecule has 3 atom stereocenters. The van der Waals surface area contributed by atoms with Gasteiger partial charge >= 0.3 is 0 Å². The molecular formula is C14H12NO4S-. The fourth-order valence-electron chi connectivity index (χ4n) is 2.76. The summed E-state index contributed by atoms with van der Waals surface area (Å²) in [5.74, 6) is -0.942. The molecule has 1 aliphatic carbocycles. The minimum Gasteiger partial charge on any atom is -0.768 e. The molecule has 1 fully saturated rings. The van der Waals surface area contributed by atoms with Crippen LogP contribution < -0.4 is 4.90 Å². The van der Waals surface area contributed by atoms with E-state index < -0.39 is 11.1 Å². The van der Waals surface area contributed by atoms with Crippen molar-refractivity contribution in [1.29, 1.82) is 0 Å². The smallest absolute Gasteiger partial charge is 0.238 e. The van der Waals surface area contributed by atoms with Crippen LogP contribution in [-0.2, 0) is 20.7 Å². The lowest BCUT2D eigenvalue weighted by molar-refractivity contribution is -0.122. The number of carbonyl (C=O) groups is 2. The van der Waals surface area contributed by atoms with Gasteiger partial charge in [-0.15, -0.1) is 0 Å². The van der Waals surface area contributed by atoms with Crippen molar-refractivity contribution < 1.29 is 18.4 Å². The molecule has 3 rings (SSSR count). The molecule has 1 aliphatic heterocycles. The van der Waals surface area contributed by atoms with Crippen LogP contribution in [-0.4, -0.2) is 20.6 Å². The molecule has 104 valence electrons. The molecule has 1 aromatic rings. The van der Waals surface area contributed by atoms with Crippen LogP contribution in [0.1, 0.15) is 12.8 Å². The molecule has 0 N–H and O–H groups in total. The number of hydrogen-bond acceptors (Lipinski definition) is 4. The van der Waals surface area contributed by atoms with Crippen LogP contribution in [0.15, 0.2) is 41.3 Å². The zero-order valence-corrected chi connectivity index (χ0v) is 11.3. The molecule has 6 heteroatoms. The summed E-state index contributed by atoms with van der Waals surface area (Å²) in [4.78, 5) is 25.9. The Kier molecular flexibility index (Phi) is 3.27. The highest BCUT2D eigenvalue weighted by atomic mass is 32.2. The van der Waals surface area contributed by atoms with Gasteiger partial charge in [0.15, 0.2) is 0 Å². The van der Waals surface area contributed by atoms with Crippen LogP contribution >= 0.6 is 0 Å². The van der Waals surface area contributed by atoms with Gasteiger partial charge in [0.2, 0.25) is 11.8 Å². The first kappa shape index (κ1) is 13.2. The van der Waals surface area contributed by atoms with E-state index in [4.69, 9.17) is 0 Å². The van der Waals surface area contributed by atoms with E-state index in [1.54, 1.807) is 0 Å². The van der Waals surface area contributed by atoms with Crippen LogP contribution in [0.2, 0.25) is 0 Å². The van der Waals surface area contributed by atoms with Crippen LogP contribution in [0.25, 0.3) is 0 Å². The second kappa shape index (κ2) is 4.96. The van der Waals surface area contributed by atoms with E-state index in [1.165, 1.54) is 29.2 Å². The number of rotatable bonds is 2. The van der Waals surface area contributed by atoms with Crippen molar-refractivity contribution in [3.8, 4) is 0 Å². The Bertz CT molecular complexity index is 597. The van der Waals surface area contributed by atoms with Crippen molar-refractivity contribution in [2.45, 2.75) is 17.7 Å². The number of anilines is 1. The lowest BCUT2D eigenvalue weighted by Gasteiger charge is -2.15. The molecule has 1 aromatic carbocycles. The molecule has 0 radical (unpaired) electrons. The SMILES string of the molecule is O=C1C2CC=CCC2C(=O)N1c1ccc(S(=O)[O-])cc1. The van der Waals surface area contributed by atoms with Gasteiger partial charge in [-0.3, -0.25) is 18.7 Å². The summed E-state index contributed by atoms with van der Waals surface area (Å²) in [5, 5.41) is 0. The highest BCUT2D eigenvalue weighted by Crippen LogP contribution is 2.37. The Labute approximate surface area is 118 Å². The van der Waals surface area contributed by atoms with Gasteiger partial charge in [-0.25, -0.2) is 0 Å². The van der Waals surface area contributed by atoms with Gasteiger partial charge in [0.25, 0.3) is 0 Å². The fraction of sp³-hybridized carbons (Fsp3) is 0.286. The lowest BCUT2D eigenvalue weighted by atomic mass is 9.85. The van der Waals surface area contributed by atoms with Crippen LogP contribution in [0.5, 0.6) is 0 Å². The van der Waals surface area contributed by atoms with E-state index in [1.807, 2.05) is 12.2 Å². The molecule has 3 unspecified atom stereocenters. The minimum atomic E-state index is -2.31. The van der Waals surface area contributed by atoms with Crippen LogP contribution in [0, 0.1) is 11.8 Å². The fourth-order valence-corrected chi connectivity index (χ4v) is 3.12. The number of carbonyl (C=O) groups excluding carboxylic acids is 2. The number of imide groups is 1.